The van der Waals surface area contributed by atoms with E-state index in [2.05, 4.69) is 20.7 Å². The fraction of sp³-hybridized carbons (Fsp3) is 1.00. The van der Waals surface area contributed by atoms with Gasteiger partial charge >= 0.3 is 0 Å². The first-order valence-corrected chi connectivity index (χ1v) is 8.86. The van der Waals surface area contributed by atoms with Crippen LogP contribution in [-0.2, 0) is 10.2 Å². The summed E-state index contributed by atoms with van der Waals surface area (Å²) in [7, 11) is -3.26. The van der Waals surface area contributed by atoms with Gasteiger partial charge in [0.25, 0.3) is 10.2 Å². The molecule has 2 aliphatic rings. The first-order chi connectivity index (χ1) is 8.09. The second kappa shape index (κ2) is 5.99. The van der Waals surface area contributed by atoms with Crippen molar-refractivity contribution in [2.75, 3.05) is 13.1 Å². The minimum Gasteiger partial charge on any atom is -0.198 e. The quantitative estimate of drug-likeness (QED) is 0.807. The summed E-state index contributed by atoms with van der Waals surface area (Å²) in [5, 5.41) is 0. The molecule has 0 spiro atoms. The number of nitrogens with one attached hydrogen (secondary N) is 1. The molecule has 100 valence electrons. The van der Waals surface area contributed by atoms with Crippen molar-refractivity contribution in [3.8, 4) is 0 Å². The van der Waals surface area contributed by atoms with Crippen LogP contribution in [0.5, 0.6) is 0 Å². The first kappa shape index (κ1) is 13.8. The van der Waals surface area contributed by atoms with E-state index in [1.54, 1.807) is 4.31 Å². The van der Waals surface area contributed by atoms with Crippen LogP contribution in [0.25, 0.3) is 0 Å². The van der Waals surface area contributed by atoms with E-state index in [1.165, 1.54) is 6.42 Å². The molecule has 2 rings (SSSR count). The number of piperidine rings is 1. The van der Waals surface area contributed by atoms with Crippen LogP contribution in [-0.4, -0.2) is 36.7 Å². The van der Waals surface area contributed by atoms with Crippen LogP contribution in [0, 0.1) is 0 Å². The van der Waals surface area contributed by atoms with Crippen LogP contribution in [0.15, 0.2) is 0 Å². The third-order valence-electron chi connectivity index (χ3n) is 3.64. The normalized spacial score (nSPS) is 32.5. The van der Waals surface area contributed by atoms with Crippen LogP contribution in [0.1, 0.15) is 44.9 Å². The Labute approximate surface area is 112 Å². The summed E-state index contributed by atoms with van der Waals surface area (Å²) in [6, 6.07) is 0.0654. The molecule has 0 aromatic rings. The first-order valence-electron chi connectivity index (χ1n) is 6.51. The Kier molecular flexibility index (Phi) is 4.86. The molecule has 1 heterocycles. The molecule has 0 bridgehead atoms. The Balaban J connectivity index is 1.95. The molecule has 2 unspecified atom stereocenters. The third-order valence-corrected chi connectivity index (χ3v) is 6.38. The van der Waals surface area contributed by atoms with Crippen molar-refractivity contribution < 1.29 is 8.42 Å². The molecule has 6 heteroatoms. The van der Waals surface area contributed by atoms with E-state index in [4.69, 9.17) is 0 Å². The van der Waals surface area contributed by atoms with E-state index in [-0.39, 0.29) is 10.9 Å². The fourth-order valence-electron chi connectivity index (χ4n) is 2.59. The molecular weight excluding hydrogens is 304 g/mol. The van der Waals surface area contributed by atoms with Crippen molar-refractivity contribution in [2.24, 2.45) is 0 Å². The van der Waals surface area contributed by atoms with Gasteiger partial charge in [-0.15, -0.1) is 0 Å². The van der Waals surface area contributed by atoms with Gasteiger partial charge in [-0.3, -0.25) is 0 Å². The van der Waals surface area contributed by atoms with Crippen LogP contribution >= 0.6 is 15.9 Å². The maximum absolute atomic E-state index is 12.2. The number of halogens is 1. The van der Waals surface area contributed by atoms with Gasteiger partial charge in [0.05, 0.1) is 0 Å². The van der Waals surface area contributed by atoms with E-state index in [0.717, 1.165) is 38.5 Å². The van der Waals surface area contributed by atoms with Crippen molar-refractivity contribution in [1.29, 1.82) is 0 Å². The van der Waals surface area contributed by atoms with Gasteiger partial charge < -0.3 is 0 Å². The van der Waals surface area contributed by atoms with Crippen LogP contribution in [0.4, 0.5) is 0 Å². The van der Waals surface area contributed by atoms with E-state index >= 15 is 0 Å². The van der Waals surface area contributed by atoms with Gasteiger partial charge in [-0.05, 0) is 25.7 Å². The van der Waals surface area contributed by atoms with Crippen LogP contribution in [0.3, 0.4) is 0 Å². The summed E-state index contributed by atoms with van der Waals surface area (Å²) >= 11 is 3.59. The van der Waals surface area contributed by atoms with Gasteiger partial charge in [0, 0.05) is 24.0 Å². The molecular formula is C11H21BrN2O2S. The maximum atomic E-state index is 12.2. The van der Waals surface area contributed by atoms with E-state index in [9.17, 15) is 8.42 Å². The maximum Gasteiger partial charge on any atom is 0.279 e. The lowest BCUT2D eigenvalue weighted by Gasteiger charge is -2.32. The summed E-state index contributed by atoms with van der Waals surface area (Å²) in [6.45, 7) is 1.35. The highest BCUT2D eigenvalue weighted by Gasteiger charge is 2.30. The summed E-state index contributed by atoms with van der Waals surface area (Å²) in [4.78, 5) is 0.288. The molecule has 0 aromatic heterocycles. The molecule has 2 atom stereocenters. The SMILES string of the molecule is O=S(=O)(NC1CCCCC1Br)N1CCCCC1. The van der Waals surface area contributed by atoms with Gasteiger partial charge in [0.2, 0.25) is 0 Å². The zero-order valence-corrected chi connectivity index (χ0v) is 12.5. The Morgan fingerprint density at radius 2 is 1.65 bits per heavy atom. The number of hydrogen-bond acceptors (Lipinski definition) is 2. The number of nitrogens with zero attached hydrogens (tertiary/aromatic N) is 1. The zero-order chi connectivity index (χ0) is 12.3. The van der Waals surface area contributed by atoms with Crippen LogP contribution in [0.2, 0.25) is 0 Å². The Morgan fingerprint density at radius 1 is 1.00 bits per heavy atom. The van der Waals surface area contributed by atoms with Gasteiger partial charge in [-0.25, -0.2) is 0 Å². The van der Waals surface area contributed by atoms with Gasteiger partial charge in [0.1, 0.15) is 0 Å². The molecule has 1 saturated heterocycles. The standard InChI is InChI=1S/C11H21BrN2O2S/c12-10-6-2-3-7-11(10)13-17(15,16)14-8-4-1-5-9-14/h10-11,13H,1-9H2. The molecule has 17 heavy (non-hydrogen) atoms. The van der Waals surface area contributed by atoms with Crippen molar-refractivity contribution in [3.05, 3.63) is 0 Å². The summed E-state index contributed by atoms with van der Waals surface area (Å²) < 4.78 is 28.9. The van der Waals surface area contributed by atoms with Gasteiger partial charge in [0.15, 0.2) is 0 Å². The highest BCUT2D eigenvalue weighted by Crippen LogP contribution is 2.25. The lowest BCUT2D eigenvalue weighted by atomic mass is 9.96. The average molecular weight is 325 g/mol. The average Bonchev–Trinajstić information content (AvgIpc) is 2.33. The summed E-state index contributed by atoms with van der Waals surface area (Å²) in [5.41, 5.74) is 0. The predicted molar refractivity (Wildman–Crippen MR) is 72.5 cm³/mol. The minimum absolute atomic E-state index is 0.0654. The highest BCUT2D eigenvalue weighted by molar-refractivity contribution is 9.09. The van der Waals surface area contributed by atoms with Crippen molar-refractivity contribution in [3.63, 3.8) is 0 Å². The molecule has 0 aromatic carbocycles. The zero-order valence-electron chi connectivity index (χ0n) is 10.1. The lowest BCUT2D eigenvalue weighted by Crippen LogP contribution is -2.50. The van der Waals surface area contributed by atoms with Gasteiger partial charge in [-0.1, -0.05) is 35.2 Å². The van der Waals surface area contributed by atoms with E-state index in [1.807, 2.05) is 0 Å². The second-order valence-electron chi connectivity index (χ2n) is 4.99. The predicted octanol–water partition coefficient (Wildman–Crippen LogP) is 2.01. The topological polar surface area (TPSA) is 49.4 Å². The minimum atomic E-state index is -3.26. The van der Waals surface area contributed by atoms with Gasteiger partial charge in [-0.2, -0.15) is 17.4 Å². The van der Waals surface area contributed by atoms with E-state index < -0.39 is 10.2 Å². The highest BCUT2D eigenvalue weighted by atomic mass is 79.9. The Bertz CT molecular complexity index is 341. The van der Waals surface area contributed by atoms with Crippen molar-refractivity contribution >= 4 is 26.1 Å². The number of hydrogen-bond donors (Lipinski definition) is 1. The molecule has 1 saturated carbocycles. The largest absolute Gasteiger partial charge is 0.279 e. The molecule has 1 aliphatic carbocycles. The number of rotatable bonds is 3. The Morgan fingerprint density at radius 3 is 2.29 bits per heavy atom. The smallest absolute Gasteiger partial charge is 0.198 e. The molecule has 2 fully saturated rings. The summed E-state index contributed by atoms with van der Waals surface area (Å²) in [5.74, 6) is 0. The molecule has 0 amide bonds. The second-order valence-corrected chi connectivity index (χ2v) is 7.87. The lowest BCUT2D eigenvalue weighted by molar-refractivity contribution is 0.332. The molecule has 1 N–H and O–H groups in total. The monoisotopic (exact) mass is 324 g/mol. The van der Waals surface area contributed by atoms with Crippen molar-refractivity contribution in [2.45, 2.75) is 55.8 Å². The molecule has 4 nitrogen and oxygen atoms in total. The van der Waals surface area contributed by atoms with Crippen LogP contribution < -0.4 is 4.72 Å². The summed E-state index contributed by atoms with van der Waals surface area (Å²) in [6.07, 6.45) is 7.45. The number of alkyl halides is 1. The van der Waals surface area contributed by atoms with E-state index in [0.29, 0.717) is 13.1 Å². The fourth-order valence-corrected chi connectivity index (χ4v) is 5.04. The van der Waals surface area contributed by atoms with Crippen molar-refractivity contribution in [1.82, 2.24) is 9.03 Å². The third kappa shape index (κ3) is 3.66. The molecule has 1 aliphatic heterocycles. The molecule has 0 radical (unpaired) electrons. The Hall–Kier alpha value is 0.350.